The first-order valence-corrected chi connectivity index (χ1v) is 5.67. The fourth-order valence-corrected chi connectivity index (χ4v) is 1.71. The lowest BCUT2D eigenvalue weighted by Gasteiger charge is -2.08. The maximum atomic E-state index is 5.56. The third-order valence-electron chi connectivity index (χ3n) is 2.77. The van der Waals surface area contributed by atoms with Crippen molar-refractivity contribution in [3.8, 4) is 0 Å². The van der Waals surface area contributed by atoms with Gasteiger partial charge in [0.05, 0.1) is 6.26 Å². The van der Waals surface area contributed by atoms with Crippen molar-refractivity contribution in [1.29, 1.82) is 0 Å². The summed E-state index contributed by atoms with van der Waals surface area (Å²) in [5.41, 5.74) is 7.72. The van der Waals surface area contributed by atoms with Gasteiger partial charge in [0, 0.05) is 17.5 Å². The predicted molar refractivity (Wildman–Crippen MR) is 66.1 cm³/mol. The van der Waals surface area contributed by atoms with E-state index in [-0.39, 0.29) is 0 Å². The van der Waals surface area contributed by atoms with Crippen LogP contribution in [-0.2, 0) is 6.54 Å². The zero-order chi connectivity index (χ0) is 11.4. The number of nitrogens with two attached hydrogens (primary N) is 1. The van der Waals surface area contributed by atoms with Crippen LogP contribution in [0.3, 0.4) is 0 Å². The Morgan fingerprint density at radius 1 is 1.38 bits per heavy atom. The van der Waals surface area contributed by atoms with E-state index in [0.717, 1.165) is 25.2 Å². The summed E-state index contributed by atoms with van der Waals surface area (Å²) < 4.78 is 5.47. The molecule has 0 spiro atoms. The Labute approximate surface area is 95.6 Å². The molecule has 0 aliphatic carbocycles. The Bertz CT molecular complexity index is 450. The fourth-order valence-electron chi connectivity index (χ4n) is 1.71. The first-order valence-electron chi connectivity index (χ1n) is 5.67. The monoisotopic (exact) mass is 218 g/mol. The molecule has 0 aliphatic heterocycles. The van der Waals surface area contributed by atoms with Crippen molar-refractivity contribution in [3.63, 3.8) is 0 Å². The second kappa shape index (κ2) is 5.14. The molecule has 2 rings (SSSR count). The van der Waals surface area contributed by atoms with Crippen molar-refractivity contribution < 1.29 is 4.42 Å². The molecule has 0 saturated heterocycles. The van der Waals surface area contributed by atoms with Gasteiger partial charge in [-0.3, -0.25) is 0 Å². The van der Waals surface area contributed by atoms with Gasteiger partial charge in [0.2, 0.25) is 0 Å². The van der Waals surface area contributed by atoms with Crippen LogP contribution in [0, 0.1) is 5.92 Å². The molecule has 2 aromatic rings. The largest absolute Gasteiger partial charge is 0.464 e. The molecule has 16 heavy (non-hydrogen) atoms. The summed E-state index contributed by atoms with van der Waals surface area (Å²) in [6.45, 7) is 4.64. The molecule has 1 aromatic carbocycles. The number of benzene rings is 1. The Morgan fingerprint density at radius 3 is 3.00 bits per heavy atom. The molecule has 1 heterocycles. The Balaban J connectivity index is 1.99. The van der Waals surface area contributed by atoms with E-state index in [0.29, 0.717) is 5.92 Å². The Morgan fingerprint density at radius 2 is 2.19 bits per heavy atom. The number of furan rings is 1. The minimum Gasteiger partial charge on any atom is -0.464 e. The summed E-state index contributed by atoms with van der Waals surface area (Å²) >= 11 is 0. The zero-order valence-corrected chi connectivity index (χ0v) is 9.57. The molecular weight excluding hydrogens is 200 g/mol. The molecular formula is C13H18N2O. The number of hydrogen-bond donors (Lipinski definition) is 2. The van der Waals surface area contributed by atoms with Gasteiger partial charge < -0.3 is 15.5 Å². The highest BCUT2D eigenvalue weighted by Crippen LogP contribution is 2.20. The van der Waals surface area contributed by atoms with Crippen LogP contribution >= 0.6 is 0 Å². The number of hydrogen-bond acceptors (Lipinski definition) is 3. The number of para-hydroxylation sites is 1. The number of nitrogens with one attached hydrogen (secondary N) is 1. The van der Waals surface area contributed by atoms with E-state index in [4.69, 9.17) is 10.2 Å². The summed E-state index contributed by atoms with van der Waals surface area (Å²) in [5, 5.41) is 4.58. The molecule has 0 radical (unpaired) electrons. The van der Waals surface area contributed by atoms with Crippen molar-refractivity contribution in [3.05, 3.63) is 36.1 Å². The third-order valence-corrected chi connectivity index (χ3v) is 2.77. The maximum absolute atomic E-state index is 5.56. The highest BCUT2D eigenvalue weighted by molar-refractivity contribution is 5.80. The van der Waals surface area contributed by atoms with Crippen LogP contribution in [0.25, 0.3) is 11.0 Å². The quantitative estimate of drug-likeness (QED) is 0.808. The second-order valence-electron chi connectivity index (χ2n) is 4.23. The smallest absolute Gasteiger partial charge is 0.134 e. The highest BCUT2D eigenvalue weighted by atomic mass is 16.3. The molecule has 1 atom stereocenters. The first kappa shape index (κ1) is 11.2. The van der Waals surface area contributed by atoms with Crippen LogP contribution in [0.4, 0.5) is 0 Å². The van der Waals surface area contributed by atoms with Gasteiger partial charge in [-0.25, -0.2) is 0 Å². The van der Waals surface area contributed by atoms with Gasteiger partial charge in [-0.1, -0.05) is 25.1 Å². The maximum Gasteiger partial charge on any atom is 0.134 e. The molecule has 0 aliphatic rings. The lowest BCUT2D eigenvalue weighted by molar-refractivity contribution is 0.519. The first-order chi connectivity index (χ1) is 7.81. The lowest BCUT2D eigenvalue weighted by Crippen LogP contribution is -2.25. The fraction of sp³-hybridized carbons (Fsp3) is 0.385. The summed E-state index contributed by atoms with van der Waals surface area (Å²) in [7, 11) is 0. The molecule has 1 aromatic heterocycles. The molecule has 0 fully saturated rings. The molecule has 0 amide bonds. The lowest BCUT2D eigenvalue weighted by atomic mass is 10.1. The van der Waals surface area contributed by atoms with E-state index in [1.165, 1.54) is 10.9 Å². The van der Waals surface area contributed by atoms with Crippen molar-refractivity contribution in [2.24, 2.45) is 11.7 Å². The minimum absolute atomic E-state index is 0.512. The molecule has 1 unspecified atom stereocenters. The summed E-state index contributed by atoms with van der Waals surface area (Å²) in [4.78, 5) is 0. The van der Waals surface area contributed by atoms with Crippen LogP contribution in [0.15, 0.2) is 34.9 Å². The van der Waals surface area contributed by atoms with Gasteiger partial charge >= 0.3 is 0 Å². The van der Waals surface area contributed by atoms with E-state index in [1.54, 1.807) is 0 Å². The van der Waals surface area contributed by atoms with Crippen molar-refractivity contribution in [2.75, 3.05) is 13.1 Å². The average molecular weight is 218 g/mol. The molecule has 0 bridgehead atoms. The van der Waals surface area contributed by atoms with E-state index in [1.807, 2.05) is 24.5 Å². The SMILES string of the molecule is CC(CN)CNCc1coc2ccccc12. The zero-order valence-electron chi connectivity index (χ0n) is 9.57. The van der Waals surface area contributed by atoms with Crippen LogP contribution in [-0.4, -0.2) is 13.1 Å². The minimum atomic E-state index is 0.512. The van der Waals surface area contributed by atoms with Crippen LogP contribution in [0.2, 0.25) is 0 Å². The normalized spacial score (nSPS) is 13.1. The van der Waals surface area contributed by atoms with Gasteiger partial charge in [-0.05, 0) is 25.1 Å². The molecule has 86 valence electrons. The van der Waals surface area contributed by atoms with Crippen LogP contribution in [0.5, 0.6) is 0 Å². The Kier molecular flexibility index (Phi) is 3.59. The molecule has 3 N–H and O–H groups in total. The molecule has 0 saturated carbocycles. The summed E-state index contributed by atoms with van der Waals surface area (Å²) in [6, 6.07) is 8.09. The van der Waals surface area contributed by atoms with Crippen molar-refractivity contribution in [2.45, 2.75) is 13.5 Å². The topological polar surface area (TPSA) is 51.2 Å². The summed E-state index contributed by atoms with van der Waals surface area (Å²) in [5.74, 6) is 0.512. The van der Waals surface area contributed by atoms with Crippen LogP contribution < -0.4 is 11.1 Å². The number of rotatable bonds is 5. The van der Waals surface area contributed by atoms with Crippen molar-refractivity contribution in [1.82, 2.24) is 5.32 Å². The van der Waals surface area contributed by atoms with E-state index < -0.39 is 0 Å². The second-order valence-corrected chi connectivity index (χ2v) is 4.23. The Hall–Kier alpha value is -1.32. The van der Waals surface area contributed by atoms with Gasteiger partial charge in [0.15, 0.2) is 0 Å². The summed E-state index contributed by atoms with van der Waals surface area (Å²) in [6.07, 6.45) is 1.82. The van der Waals surface area contributed by atoms with Crippen LogP contribution in [0.1, 0.15) is 12.5 Å². The van der Waals surface area contributed by atoms with E-state index >= 15 is 0 Å². The highest BCUT2D eigenvalue weighted by Gasteiger charge is 2.05. The van der Waals surface area contributed by atoms with Gasteiger partial charge in [-0.2, -0.15) is 0 Å². The predicted octanol–water partition coefficient (Wildman–Crippen LogP) is 2.12. The molecule has 3 heteroatoms. The molecule has 3 nitrogen and oxygen atoms in total. The van der Waals surface area contributed by atoms with E-state index in [2.05, 4.69) is 18.3 Å². The third kappa shape index (κ3) is 2.43. The number of fused-ring (bicyclic) bond motifs is 1. The van der Waals surface area contributed by atoms with Gasteiger partial charge in [0.25, 0.3) is 0 Å². The van der Waals surface area contributed by atoms with Crippen molar-refractivity contribution >= 4 is 11.0 Å². The average Bonchev–Trinajstić information content (AvgIpc) is 2.73. The standard InChI is InChI=1S/C13H18N2O/c1-10(6-14)7-15-8-11-9-16-13-5-3-2-4-12(11)13/h2-5,9-10,15H,6-8,14H2,1H3. The van der Waals surface area contributed by atoms with Gasteiger partial charge in [-0.15, -0.1) is 0 Å². The van der Waals surface area contributed by atoms with E-state index in [9.17, 15) is 0 Å². The van der Waals surface area contributed by atoms with Gasteiger partial charge in [0.1, 0.15) is 5.58 Å².